The van der Waals surface area contributed by atoms with Crippen LogP contribution in [0, 0.1) is 12.8 Å². The Bertz CT molecular complexity index is 714. The number of aryl methyl sites for hydroxylation is 1. The number of nitrogens with zero attached hydrogens (tertiary/aromatic N) is 1. The molecule has 2 aliphatic rings. The van der Waals surface area contributed by atoms with Crippen molar-refractivity contribution in [1.82, 2.24) is 4.31 Å². The van der Waals surface area contributed by atoms with Gasteiger partial charge in [0.15, 0.2) is 0 Å². The van der Waals surface area contributed by atoms with E-state index in [2.05, 4.69) is 0 Å². The SMILES string of the molecule is Cc1cccc(Cl)c1S(=O)(=O)N1CCOCC1C1CCCCC1=O. The van der Waals surface area contributed by atoms with E-state index in [1.165, 1.54) is 4.31 Å². The first-order valence-corrected chi connectivity index (χ1v) is 10.1. The van der Waals surface area contributed by atoms with E-state index >= 15 is 0 Å². The molecule has 132 valence electrons. The molecule has 5 nitrogen and oxygen atoms in total. The fraction of sp³-hybridized carbons (Fsp3) is 0.588. The molecule has 0 amide bonds. The number of sulfonamides is 1. The average Bonchev–Trinajstić information content (AvgIpc) is 2.55. The largest absolute Gasteiger partial charge is 0.378 e. The van der Waals surface area contributed by atoms with Gasteiger partial charge >= 0.3 is 0 Å². The van der Waals surface area contributed by atoms with Gasteiger partial charge in [0.1, 0.15) is 10.7 Å². The van der Waals surface area contributed by atoms with Crippen molar-refractivity contribution in [2.24, 2.45) is 5.92 Å². The minimum atomic E-state index is -3.78. The van der Waals surface area contributed by atoms with Crippen LogP contribution in [0.2, 0.25) is 5.02 Å². The minimum absolute atomic E-state index is 0.141. The summed E-state index contributed by atoms with van der Waals surface area (Å²) in [5.74, 6) is -0.135. The maximum absolute atomic E-state index is 13.3. The van der Waals surface area contributed by atoms with Crippen LogP contribution in [0.4, 0.5) is 0 Å². The third-order valence-corrected chi connectivity index (χ3v) is 7.47. The highest BCUT2D eigenvalue weighted by atomic mass is 35.5. The molecule has 24 heavy (non-hydrogen) atoms. The summed E-state index contributed by atoms with van der Waals surface area (Å²) in [7, 11) is -3.78. The topological polar surface area (TPSA) is 63.7 Å². The van der Waals surface area contributed by atoms with Gasteiger partial charge in [0.05, 0.1) is 24.3 Å². The third kappa shape index (κ3) is 3.25. The van der Waals surface area contributed by atoms with Crippen LogP contribution in [0.25, 0.3) is 0 Å². The third-order valence-electron chi connectivity index (χ3n) is 4.91. The quantitative estimate of drug-likeness (QED) is 0.819. The summed E-state index contributed by atoms with van der Waals surface area (Å²) in [5, 5.41) is 0.218. The van der Waals surface area contributed by atoms with Crippen LogP contribution >= 0.6 is 11.6 Å². The summed E-state index contributed by atoms with van der Waals surface area (Å²) >= 11 is 6.19. The lowest BCUT2D eigenvalue weighted by atomic mass is 9.82. The Hall–Kier alpha value is -0.950. The molecular weight excluding hydrogens is 350 g/mol. The first kappa shape index (κ1) is 17.9. The molecular formula is C17H22ClNO4S. The summed E-state index contributed by atoms with van der Waals surface area (Å²) < 4.78 is 33.5. The van der Waals surface area contributed by atoms with E-state index in [1.54, 1.807) is 25.1 Å². The highest BCUT2D eigenvalue weighted by Gasteiger charge is 2.42. The van der Waals surface area contributed by atoms with E-state index in [0.717, 1.165) is 19.3 Å². The Labute approximate surface area is 148 Å². The zero-order valence-electron chi connectivity index (χ0n) is 13.7. The number of halogens is 1. The number of benzene rings is 1. The summed E-state index contributed by atoms with van der Waals surface area (Å²) in [4.78, 5) is 12.5. The van der Waals surface area contributed by atoms with Crippen molar-refractivity contribution in [3.05, 3.63) is 28.8 Å². The van der Waals surface area contributed by atoms with Gasteiger partial charge in [0.2, 0.25) is 10.0 Å². The molecule has 2 fully saturated rings. The van der Waals surface area contributed by atoms with Gasteiger partial charge in [0, 0.05) is 18.9 Å². The first-order valence-electron chi connectivity index (χ1n) is 8.30. The van der Waals surface area contributed by atoms with E-state index in [9.17, 15) is 13.2 Å². The van der Waals surface area contributed by atoms with Crippen LogP contribution in [-0.2, 0) is 19.6 Å². The summed E-state index contributed by atoms with van der Waals surface area (Å²) in [5.41, 5.74) is 0.614. The molecule has 1 saturated heterocycles. The van der Waals surface area contributed by atoms with Gasteiger partial charge < -0.3 is 4.74 Å². The average molecular weight is 372 g/mol. The Morgan fingerprint density at radius 2 is 2.08 bits per heavy atom. The number of hydrogen-bond acceptors (Lipinski definition) is 4. The highest BCUT2D eigenvalue weighted by molar-refractivity contribution is 7.89. The normalized spacial score (nSPS) is 26.5. The monoisotopic (exact) mass is 371 g/mol. The van der Waals surface area contributed by atoms with Gasteiger partial charge in [0.25, 0.3) is 0 Å². The minimum Gasteiger partial charge on any atom is -0.378 e. The van der Waals surface area contributed by atoms with Crippen LogP contribution in [-0.4, -0.2) is 44.3 Å². The summed E-state index contributed by atoms with van der Waals surface area (Å²) in [6, 6.07) is 4.62. The lowest BCUT2D eigenvalue weighted by molar-refractivity contribution is -0.128. The van der Waals surface area contributed by atoms with Gasteiger partial charge in [-0.1, -0.05) is 30.2 Å². The number of hydrogen-bond donors (Lipinski definition) is 0. The van der Waals surface area contributed by atoms with E-state index in [4.69, 9.17) is 16.3 Å². The molecule has 2 unspecified atom stereocenters. The smallest absolute Gasteiger partial charge is 0.245 e. The lowest BCUT2D eigenvalue weighted by Gasteiger charge is -2.40. The van der Waals surface area contributed by atoms with Crippen molar-refractivity contribution in [3.63, 3.8) is 0 Å². The van der Waals surface area contributed by atoms with Crippen LogP contribution in [0.1, 0.15) is 31.2 Å². The molecule has 1 aromatic carbocycles. The van der Waals surface area contributed by atoms with Gasteiger partial charge in [-0.3, -0.25) is 4.79 Å². The maximum atomic E-state index is 13.3. The summed E-state index contributed by atoms with van der Waals surface area (Å²) in [6.45, 7) is 2.58. The van der Waals surface area contributed by atoms with E-state index in [1.807, 2.05) is 0 Å². The molecule has 1 aliphatic heterocycles. The van der Waals surface area contributed by atoms with Gasteiger partial charge in [-0.05, 0) is 31.4 Å². The highest BCUT2D eigenvalue weighted by Crippen LogP contribution is 2.34. The first-order chi connectivity index (χ1) is 11.4. The lowest BCUT2D eigenvalue weighted by Crippen LogP contribution is -2.54. The number of carbonyl (C=O) groups excluding carboxylic acids is 1. The second-order valence-electron chi connectivity index (χ2n) is 6.46. The standard InChI is InChI=1S/C17H22ClNO4S/c1-12-5-4-7-14(18)17(12)24(21,22)19-9-10-23-11-15(19)13-6-2-3-8-16(13)20/h4-5,7,13,15H,2-3,6,8-11H2,1H3. The molecule has 1 heterocycles. The number of morpholine rings is 1. The van der Waals surface area contributed by atoms with E-state index in [-0.39, 0.29) is 34.8 Å². The van der Waals surface area contributed by atoms with Crippen molar-refractivity contribution >= 4 is 27.4 Å². The number of Topliss-reactive ketones (excluding diaryl/α,β-unsaturated/α-hetero) is 1. The fourth-order valence-electron chi connectivity index (χ4n) is 3.70. The van der Waals surface area contributed by atoms with E-state index in [0.29, 0.717) is 18.6 Å². The predicted octanol–water partition coefficient (Wildman–Crippen LogP) is 2.80. The zero-order valence-corrected chi connectivity index (χ0v) is 15.3. The van der Waals surface area contributed by atoms with Crippen LogP contribution in [0.5, 0.6) is 0 Å². The Balaban J connectivity index is 1.99. The number of rotatable bonds is 3. The van der Waals surface area contributed by atoms with E-state index < -0.39 is 16.1 Å². The number of carbonyl (C=O) groups is 1. The molecule has 0 spiro atoms. The van der Waals surface area contributed by atoms with Crippen molar-refractivity contribution in [3.8, 4) is 0 Å². The van der Waals surface area contributed by atoms with Gasteiger partial charge in [-0.2, -0.15) is 4.31 Å². The second-order valence-corrected chi connectivity index (χ2v) is 8.70. The Kier molecular flexibility index (Phi) is 5.30. The fourth-order valence-corrected chi connectivity index (χ4v) is 6.12. The molecule has 0 radical (unpaired) electrons. The molecule has 7 heteroatoms. The van der Waals surface area contributed by atoms with Crippen molar-refractivity contribution in [2.45, 2.75) is 43.5 Å². The molecule has 1 aromatic rings. The molecule has 3 rings (SSSR count). The number of ether oxygens (including phenoxy) is 1. The maximum Gasteiger partial charge on any atom is 0.245 e. The van der Waals surface area contributed by atoms with Crippen LogP contribution < -0.4 is 0 Å². The molecule has 0 N–H and O–H groups in total. The molecule has 2 atom stereocenters. The van der Waals surface area contributed by atoms with Crippen LogP contribution in [0.15, 0.2) is 23.1 Å². The molecule has 0 bridgehead atoms. The predicted molar refractivity (Wildman–Crippen MR) is 91.7 cm³/mol. The van der Waals surface area contributed by atoms with Crippen molar-refractivity contribution in [2.75, 3.05) is 19.8 Å². The van der Waals surface area contributed by atoms with Crippen molar-refractivity contribution < 1.29 is 17.9 Å². The molecule has 1 aliphatic carbocycles. The van der Waals surface area contributed by atoms with Gasteiger partial charge in [-0.15, -0.1) is 0 Å². The Morgan fingerprint density at radius 3 is 2.79 bits per heavy atom. The molecule has 1 saturated carbocycles. The Morgan fingerprint density at radius 1 is 1.29 bits per heavy atom. The van der Waals surface area contributed by atoms with Crippen molar-refractivity contribution in [1.29, 1.82) is 0 Å². The van der Waals surface area contributed by atoms with Gasteiger partial charge in [-0.25, -0.2) is 8.42 Å². The second kappa shape index (κ2) is 7.12. The van der Waals surface area contributed by atoms with Crippen LogP contribution in [0.3, 0.4) is 0 Å². The zero-order chi connectivity index (χ0) is 17.3. The number of ketones is 1. The molecule has 0 aromatic heterocycles. The summed E-state index contributed by atoms with van der Waals surface area (Å²) in [6.07, 6.45) is 3.09.